The van der Waals surface area contributed by atoms with Gasteiger partial charge in [0.25, 0.3) is 0 Å². The molecule has 4 heteroatoms. The zero-order valence-corrected chi connectivity index (χ0v) is 11.0. The molecule has 0 radical (unpaired) electrons. The zero-order chi connectivity index (χ0) is 13.3. The Morgan fingerprint density at radius 2 is 2.06 bits per heavy atom. The molecular formula is C14H19F2NO. The van der Waals surface area contributed by atoms with Crippen LogP contribution in [-0.2, 0) is 11.2 Å². The van der Waals surface area contributed by atoms with E-state index in [2.05, 4.69) is 5.32 Å². The lowest BCUT2D eigenvalue weighted by Crippen LogP contribution is -2.29. The number of rotatable bonds is 3. The van der Waals surface area contributed by atoms with Crippen molar-refractivity contribution in [1.29, 1.82) is 0 Å². The molecule has 0 fully saturated rings. The van der Waals surface area contributed by atoms with Gasteiger partial charge in [0.05, 0.1) is 12.3 Å². The quantitative estimate of drug-likeness (QED) is 0.837. The van der Waals surface area contributed by atoms with Gasteiger partial charge in [0.15, 0.2) is 0 Å². The topological polar surface area (TPSA) is 21.3 Å². The molecule has 0 spiro atoms. The normalized spacial score (nSPS) is 19.1. The molecule has 1 aliphatic carbocycles. The molecule has 0 aromatic heterocycles. The van der Waals surface area contributed by atoms with E-state index >= 15 is 0 Å². The summed E-state index contributed by atoms with van der Waals surface area (Å²) in [4.78, 5) is 0. The van der Waals surface area contributed by atoms with Crippen molar-refractivity contribution in [2.45, 2.75) is 45.3 Å². The second-order valence-electron chi connectivity index (χ2n) is 5.66. The van der Waals surface area contributed by atoms with Crippen molar-refractivity contribution in [2.75, 3.05) is 6.73 Å². The molecule has 2 nitrogen and oxygen atoms in total. The van der Waals surface area contributed by atoms with Gasteiger partial charge in [-0.15, -0.1) is 0 Å². The maximum Gasteiger partial charge on any atom is 0.131 e. The number of aryl methyl sites for hydroxylation is 1. The summed E-state index contributed by atoms with van der Waals surface area (Å²) in [7, 11) is 0. The molecule has 0 amide bonds. The van der Waals surface area contributed by atoms with Crippen molar-refractivity contribution in [3.63, 3.8) is 0 Å². The summed E-state index contributed by atoms with van der Waals surface area (Å²) in [5.41, 5.74) is 1.13. The van der Waals surface area contributed by atoms with E-state index < -0.39 is 11.6 Å². The number of benzene rings is 1. The van der Waals surface area contributed by atoms with Crippen LogP contribution >= 0.6 is 0 Å². The molecule has 0 heterocycles. The van der Waals surface area contributed by atoms with Crippen molar-refractivity contribution in [1.82, 2.24) is 5.32 Å². The lowest BCUT2D eigenvalue weighted by atomic mass is 10.1. The highest BCUT2D eigenvalue weighted by Gasteiger charge is 2.26. The van der Waals surface area contributed by atoms with Gasteiger partial charge in [0.2, 0.25) is 0 Å². The van der Waals surface area contributed by atoms with Crippen molar-refractivity contribution >= 4 is 0 Å². The maximum absolute atomic E-state index is 13.7. The average molecular weight is 255 g/mol. The van der Waals surface area contributed by atoms with Crippen molar-refractivity contribution in [3.8, 4) is 0 Å². The molecule has 1 aliphatic rings. The van der Waals surface area contributed by atoms with E-state index in [0.717, 1.165) is 18.1 Å². The van der Waals surface area contributed by atoms with Gasteiger partial charge >= 0.3 is 0 Å². The largest absolute Gasteiger partial charge is 0.361 e. The van der Waals surface area contributed by atoms with Gasteiger partial charge in [-0.25, -0.2) is 8.78 Å². The Labute approximate surface area is 106 Å². The van der Waals surface area contributed by atoms with E-state index in [1.165, 1.54) is 6.07 Å². The Hall–Kier alpha value is -1.00. The van der Waals surface area contributed by atoms with Gasteiger partial charge in [-0.2, -0.15) is 0 Å². The summed E-state index contributed by atoms with van der Waals surface area (Å²) >= 11 is 0. The van der Waals surface area contributed by atoms with Crippen LogP contribution in [0.5, 0.6) is 0 Å². The van der Waals surface area contributed by atoms with Gasteiger partial charge in [0.1, 0.15) is 11.6 Å². The van der Waals surface area contributed by atoms with Gasteiger partial charge in [-0.3, -0.25) is 5.32 Å². The smallest absolute Gasteiger partial charge is 0.131 e. The van der Waals surface area contributed by atoms with E-state index in [4.69, 9.17) is 4.74 Å². The molecule has 1 aromatic rings. The number of halogens is 2. The van der Waals surface area contributed by atoms with Gasteiger partial charge < -0.3 is 4.74 Å². The van der Waals surface area contributed by atoms with E-state index in [-0.39, 0.29) is 11.6 Å². The summed E-state index contributed by atoms with van der Waals surface area (Å²) in [6.45, 7) is 6.26. The van der Waals surface area contributed by atoms with E-state index in [9.17, 15) is 8.78 Å². The van der Waals surface area contributed by atoms with E-state index in [1.807, 2.05) is 20.8 Å². The van der Waals surface area contributed by atoms with Gasteiger partial charge in [0, 0.05) is 17.7 Å². The first-order chi connectivity index (χ1) is 8.37. The minimum Gasteiger partial charge on any atom is -0.361 e. The third-order valence-electron chi connectivity index (χ3n) is 3.07. The summed E-state index contributed by atoms with van der Waals surface area (Å²) in [6, 6.07) is 2.29. The maximum atomic E-state index is 13.7. The fourth-order valence-corrected chi connectivity index (χ4v) is 2.24. The lowest BCUT2D eigenvalue weighted by Gasteiger charge is -2.22. The fraction of sp³-hybridized carbons (Fsp3) is 0.571. The lowest BCUT2D eigenvalue weighted by molar-refractivity contribution is -0.0173. The number of hydrogen-bond donors (Lipinski definition) is 1. The second-order valence-corrected chi connectivity index (χ2v) is 5.66. The van der Waals surface area contributed by atoms with Crippen LogP contribution in [-0.4, -0.2) is 12.3 Å². The molecule has 0 saturated heterocycles. The number of hydrogen-bond acceptors (Lipinski definition) is 2. The summed E-state index contributed by atoms with van der Waals surface area (Å²) in [5.74, 6) is -0.964. The minimum absolute atomic E-state index is 0.0806. The van der Waals surface area contributed by atoms with Crippen molar-refractivity contribution < 1.29 is 13.5 Å². The van der Waals surface area contributed by atoms with Crippen LogP contribution in [0.2, 0.25) is 0 Å². The second kappa shape index (κ2) is 4.94. The molecule has 1 N–H and O–H groups in total. The summed E-state index contributed by atoms with van der Waals surface area (Å²) in [6.07, 6.45) is 1.49. The highest BCUT2D eigenvalue weighted by atomic mass is 19.1. The van der Waals surface area contributed by atoms with Gasteiger partial charge in [-0.1, -0.05) is 0 Å². The Bertz CT molecular complexity index is 440. The Morgan fingerprint density at radius 1 is 1.33 bits per heavy atom. The predicted octanol–water partition coefficient (Wildman–Crippen LogP) is 3.31. The molecular weight excluding hydrogens is 236 g/mol. The number of ether oxygens (including phenoxy) is 1. The molecule has 18 heavy (non-hydrogen) atoms. The Balaban J connectivity index is 2.03. The van der Waals surface area contributed by atoms with Crippen molar-refractivity contribution in [3.05, 3.63) is 34.9 Å². The first-order valence-electron chi connectivity index (χ1n) is 6.22. The van der Waals surface area contributed by atoms with Crippen LogP contribution < -0.4 is 5.32 Å². The zero-order valence-electron chi connectivity index (χ0n) is 11.0. The summed E-state index contributed by atoms with van der Waals surface area (Å²) in [5, 5.41) is 3.17. The standard InChI is InChI=1S/C14H19F2NO/c1-14(2,3)18-8-17-12-5-4-9-6-10(15)7-11(16)13(9)12/h6-7,12,17H,4-5,8H2,1-3H3. The van der Waals surface area contributed by atoms with Crippen LogP contribution in [0, 0.1) is 11.6 Å². The highest BCUT2D eigenvalue weighted by Crippen LogP contribution is 2.33. The summed E-state index contributed by atoms with van der Waals surface area (Å²) < 4.78 is 32.4. The SMILES string of the molecule is CC(C)(C)OCNC1CCc2cc(F)cc(F)c21. The number of fused-ring (bicyclic) bond motifs is 1. The first kappa shape index (κ1) is 13.4. The fourth-order valence-electron chi connectivity index (χ4n) is 2.24. The molecule has 1 atom stereocenters. The van der Waals surface area contributed by atoms with Gasteiger partial charge in [-0.05, 0) is 45.2 Å². The molecule has 0 saturated carbocycles. The van der Waals surface area contributed by atoms with Crippen LogP contribution in [0.4, 0.5) is 8.78 Å². The molecule has 2 rings (SSSR count). The third kappa shape index (κ3) is 3.06. The molecule has 0 aliphatic heterocycles. The monoisotopic (exact) mass is 255 g/mol. The highest BCUT2D eigenvalue weighted by molar-refractivity contribution is 5.36. The van der Waals surface area contributed by atoms with Crippen LogP contribution in [0.15, 0.2) is 12.1 Å². The number of nitrogens with one attached hydrogen (secondary N) is 1. The molecule has 100 valence electrons. The third-order valence-corrected chi connectivity index (χ3v) is 3.07. The van der Waals surface area contributed by atoms with E-state index in [0.29, 0.717) is 18.7 Å². The predicted molar refractivity (Wildman–Crippen MR) is 66.3 cm³/mol. The van der Waals surface area contributed by atoms with Crippen LogP contribution in [0.1, 0.15) is 44.4 Å². The molecule has 1 aromatic carbocycles. The van der Waals surface area contributed by atoms with E-state index in [1.54, 1.807) is 0 Å². The Kier molecular flexibility index (Phi) is 3.69. The van der Waals surface area contributed by atoms with Crippen LogP contribution in [0.25, 0.3) is 0 Å². The average Bonchev–Trinajstić information content (AvgIpc) is 2.59. The molecule has 0 bridgehead atoms. The van der Waals surface area contributed by atoms with Crippen LogP contribution in [0.3, 0.4) is 0 Å². The molecule has 1 unspecified atom stereocenters. The Morgan fingerprint density at radius 3 is 2.72 bits per heavy atom. The minimum atomic E-state index is -0.502. The first-order valence-corrected chi connectivity index (χ1v) is 6.22. The van der Waals surface area contributed by atoms with Crippen molar-refractivity contribution in [2.24, 2.45) is 0 Å².